The summed E-state index contributed by atoms with van der Waals surface area (Å²) in [5.74, 6) is 1.20. The molecule has 0 radical (unpaired) electrons. The molecule has 2 bridgehead atoms. The number of hydrogen-bond donors (Lipinski definition) is 0. The second kappa shape index (κ2) is 4.02. The van der Waals surface area contributed by atoms with Crippen molar-refractivity contribution in [2.75, 3.05) is 13.1 Å². The van der Waals surface area contributed by atoms with Crippen molar-refractivity contribution in [2.24, 2.45) is 11.8 Å². The Morgan fingerprint density at radius 2 is 1.69 bits per heavy atom. The highest BCUT2D eigenvalue weighted by Crippen LogP contribution is 2.33. The van der Waals surface area contributed by atoms with Gasteiger partial charge in [-0.1, -0.05) is 30.3 Å². The van der Waals surface area contributed by atoms with Crippen LogP contribution in [0.1, 0.15) is 18.4 Å². The van der Waals surface area contributed by atoms with E-state index in [4.69, 9.17) is 0 Å². The minimum absolute atomic E-state index is 0.336. The number of Topliss-reactive ketones (excluding diaryl/α,β-unsaturated/α-hetero) is 1. The standard InChI is InChI=1S/C14H17NO/c16-14-12-6-7-13(14)10-15(9-12)8-11-4-2-1-3-5-11/h1-5,12-13H,6-10H2/t12-,13?/m1/s1. The fraction of sp³-hybridized carbons (Fsp3) is 0.500. The second-order valence-corrected chi connectivity index (χ2v) is 5.05. The van der Waals surface area contributed by atoms with Crippen LogP contribution in [0.3, 0.4) is 0 Å². The van der Waals surface area contributed by atoms with Crippen molar-refractivity contribution in [3.05, 3.63) is 35.9 Å². The van der Waals surface area contributed by atoms with Crippen molar-refractivity contribution in [1.82, 2.24) is 4.90 Å². The third-order valence-corrected chi connectivity index (χ3v) is 3.87. The topological polar surface area (TPSA) is 20.3 Å². The SMILES string of the molecule is O=C1C2CC[C@@H]1CN(Cc1ccccc1)C2. The molecule has 1 aromatic carbocycles. The van der Waals surface area contributed by atoms with Gasteiger partial charge in [0.05, 0.1) is 0 Å². The summed E-state index contributed by atoms with van der Waals surface area (Å²) in [6, 6.07) is 10.5. The van der Waals surface area contributed by atoms with Crippen molar-refractivity contribution in [3.63, 3.8) is 0 Å². The first-order chi connectivity index (χ1) is 7.83. The van der Waals surface area contributed by atoms with Crippen LogP contribution in [-0.2, 0) is 11.3 Å². The lowest BCUT2D eigenvalue weighted by atomic mass is 9.96. The van der Waals surface area contributed by atoms with E-state index in [-0.39, 0.29) is 0 Å². The van der Waals surface area contributed by atoms with Crippen LogP contribution in [0.15, 0.2) is 30.3 Å². The maximum Gasteiger partial charge on any atom is 0.141 e. The van der Waals surface area contributed by atoms with Crippen LogP contribution in [0.25, 0.3) is 0 Å². The largest absolute Gasteiger partial charge is 0.299 e. The highest BCUT2D eigenvalue weighted by atomic mass is 16.1. The van der Waals surface area contributed by atoms with E-state index >= 15 is 0 Å². The molecule has 1 aromatic rings. The van der Waals surface area contributed by atoms with Crippen LogP contribution >= 0.6 is 0 Å². The third-order valence-electron chi connectivity index (χ3n) is 3.87. The van der Waals surface area contributed by atoms with Crippen molar-refractivity contribution >= 4 is 5.78 Å². The first kappa shape index (κ1) is 10.0. The van der Waals surface area contributed by atoms with E-state index in [1.807, 2.05) is 6.07 Å². The number of ketones is 1. The van der Waals surface area contributed by atoms with Gasteiger partial charge in [0.25, 0.3) is 0 Å². The van der Waals surface area contributed by atoms with Crippen LogP contribution < -0.4 is 0 Å². The molecule has 2 aliphatic rings. The molecule has 2 heteroatoms. The van der Waals surface area contributed by atoms with Gasteiger partial charge in [0.1, 0.15) is 5.78 Å². The van der Waals surface area contributed by atoms with E-state index in [1.54, 1.807) is 0 Å². The third kappa shape index (κ3) is 1.78. The van der Waals surface area contributed by atoms with Gasteiger partial charge in [-0.25, -0.2) is 0 Å². The van der Waals surface area contributed by atoms with Gasteiger partial charge in [-0.2, -0.15) is 0 Å². The van der Waals surface area contributed by atoms with Gasteiger partial charge in [0.2, 0.25) is 0 Å². The molecule has 16 heavy (non-hydrogen) atoms. The van der Waals surface area contributed by atoms with E-state index < -0.39 is 0 Å². The Hall–Kier alpha value is -1.15. The Balaban J connectivity index is 1.68. The molecule has 2 nitrogen and oxygen atoms in total. The zero-order valence-corrected chi connectivity index (χ0v) is 9.43. The monoisotopic (exact) mass is 215 g/mol. The van der Waals surface area contributed by atoms with Gasteiger partial charge < -0.3 is 0 Å². The molecule has 2 atom stereocenters. The van der Waals surface area contributed by atoms with Gasteiger partial charge in [0.15, 0.2) is 0 Å². The van der Waals surface area contributed by atoms with E-state index in [1.165, 1.54) is 5.56 Å². The maximum absolute atomic E-state index is 11.8. The van der Waals surface area contributed by atoms with Gasteiger partial charge in [-0.3, -0.25) is 9.69 Å². The number of carbonyl (C=O) groups is 1. The predicted molar refractivity (Wildman–Crippen MR) is 62.9 cm³/mol. The second-order valence-electron chi connectivity index (χ2n) is 5.05. The number of hydrogen-bond acceptors (Lipinski definition) is 2. The lowest BCUT2D eigenvalue weighted by molar-refractivity contribution is -0.127. The van der Waals surface area contributed by atoms with Crippen LogP contribution in [0.5, 0.6) is 0 Å². The molecule has 2 fully saturated rings. The number of rotatable bonds is 2. The molecular weight excluding hydrogens is 198 g/mol. The number of benzene rings is 1. The quantitative estimate of drug-likeness (QED) is 0.753. The summed E-state index contributed by atoms with van der Waals surface area (Å²) in [4.78, 5) is 14.2. The summed E-state index contributed by atoms with van der Waals surface area (Å²) in [6.07, 6.45) is 2.24. The zero-order valence-electron chi connectivity index (χ0n) is 9.43. The summed E-state index contributed by atoms with van der Waals surface area (Å²) >= 11 is 0. The molecule has 1 saturated carbocycles. The minimum Gasteiger partial charge on any atom is -0.299 e. The Bertz CT molecular complexity index is 371. The first-order valence-corrected chi connectivity index (χ1v) is 6.13. The van der Waals surface area contributed by atoms with E-state index in [2.05, 4.69) is 29.2 Å². The smallest absolute Gasteiger partial charge is 0.141 e. The fourth-order valence-corrected chi connectivity index (χ4v) is 3.05. The lowest BCUT2D eigenvalue weighted by Crippen LogP contribution is -2.41. The van der Waals surface area contributed by atoms with Gasteiger partial charge >= 0.3 is 0 Å². The Morgan fingerprint density at radius 1 is 1.06 bits per heavy atom. The van der Waals surface area contributed by atoms with E-state index in [0.717, 1.165) is 32.5 Å². The highest BCUT2D eigenvalue weighted by Gasteiger charge is 2.40. The molecule has 1 aliphatic carbocycles. The van der Waals surface area contributed by atoms with E-state index in [0.29, 0.717) is 17.6 Å². The van der Waals surface area contributed by atoms with Crippen LogP contribution in [-0.4, -0.2) is 23.8 Å². The Kier molecular flexibility index (Phi) is 2.52. The van der Waals surface area contributed by atoms with Gasteiger partial charge in [0, 0.05) is 31.5 Å². The van der Waals surface area contributed by atoms with Crippen molar-refractivity contribution in [2.45, 2.75) is 19.4 Å². The minimum atomic E-state index is 0.336. The maximum atomic E-state index is 11.8. The van der Waals surface area contributed by atoms with Gasteiger partial charge in [-0.05, 0) is 18.4 Å². The first-order valence-electron chi connectivity index (χ1n) is 6.13. The Labute approximate surface area is 96.3 Å². The lowest BCUT2D eigenvalue weighted by Gasteiger charge is -2.30. The summed E-state index contributed by atoms with van der Waals surface area (Å²) in [5.41, 5.74) is 1.36. The van der Waals surface area contributed by atoms with E-state index in [9.17, 15) is 4.79 Å². The zero-order chi connectivity index (χ0) is 11.0. The molecule has 1 saturated heterocycles. The number of piperidine rings is 1. The summed E-state index contributed by atoms with van der Waals surface area (Å²) in [6.45, 7) is 2.95. The molecule has 1 aliphatic heterocycles. The summed E-state index contributed by atoms with van der Waals surface area (Å²) in [7, 11) is 0. The summed E-state index contributed by atoms with van der Waals surface area (Å²) < 4.78 is 0. The molecule has 0 amide bonds. The molecule has 0 spiro atoms. The number of carbonyl (C=O) groups excluding carboxylic acids is 1. The average Bonchev–Trinajstić information content (AvgIpc) is 2.54. The van der Waals surface area contributed by atoms with Crippen LogP contribution in [0.4, 0.5) is 0 Å². The molecular formula is C14H17NO. The number of fused-ring (bicyclic) bond motifs is 2. The Morgan fingerprint density at radius 3 is 2.31 bits per heavy atom. The number of nitrogens with zero attached hydrogens (tertiary/aromatic N) is 1. The molecule has 84 valence electrons. The molecule has 1 unspecified atom stereocenters. The van der Waals surface area contributed by atoms with Crippen molar-refractivity contribution < 1.29 is 4.79 Å². The van der Waals surface area contributed by atoms with Crippen molar-refractivity contribution in [1.29, 1.82) is 0 Å². The fourth-order valence-electron chi connectivity index (χ4n) is 3.05. The molecule has 0 aromatic heterocycles. The van der Waals surface area contributed by atoms with Gasteiger partial charge in [-0.15, -0.1) is 0 Å². The normalized spacial score (nSPS) is 29.6. The molecule has 1 heterocycles. The summed E-state index contributed by atoms with van der Waals surface area (Å²) in [5, 5.41) is 0. The van der Waals surface area contributed by atoms with Crippen LogP contribution in [0.2, 0.25) is 0 Å². The van der Waals surface area contributed by atoms with Crippen LogP contribution in [0, 0.1) is 11.8 Å². The predicted octanol–water partition coefficient (Wildman–Crippen LogP) is 2.10. The number of likely N-dealkylation sites (tertiary alicyclic amines) is 1. The molecule has 3 rings (SSSR count). The van der Waals surface area contributed by atoms with Crippen molar-refractivity contribution in [3.8, 4) is 0 Å². The molecule has 0 N–H and O–H groups in total. The average molecular weight is 215 g/mol. The highest BCUT2D eigenvalue weighted by molar-refractivity contribution is 5.86.